The molecule has 0 amide bonds. The van der Waals surface area contributed by atoms with E-state index in [1.54, 1.807) is 6.92 Å². The average molecular weight is 223 g/mol. The fourth-order valence-corrected chi connectivity index (χ4v) is 1.20. The first-order chi connectivity index (χ1) is 7.76. The SMILES string of the molecule is CCOC(=O)CCNc1cccc(NC)n1. The Balaban J connectivity index is 2.34. The summed E-state index contributed by atoms with van der Waals surface area (Å²) < 4.78 is 4.81. The molecule has 0 unspecified atom stereocenters. The van der Waals surface area contributed by atoms with Gasteiger partial charge in [0.15, 0.2) is 0 Å². The molecule has 0 aromatic carbocycles. The van der Waals surface area contributed by atoms with E-state index in [4.69, 9.17) is 4.74 Å². The van der Waals surface area contributed by atoms with E-state index >= 15 is 0 Å². The molecule has 0 atom stereocenters. The Morgan fingerprint density at radius 1 is 1.44 bits per heavy atom. The van der Waals surface area contributed by atoms with Gasteiger partial charge in [-0.3, -0.25) is 4.79 Å². The van der Waals surface area contributed by atoms with Crippen LogP contribution in [0.5, 0.6) is 0 Å². The van der Waals surface area contributed by atoms with Gasteiger partial charge in [-0.2, -0.15) is 0 Å². The van der Waals surface area contributed by atoms with Gasteiger partial charge in [0.25, 0.3) is 0 Å². The minimum atomic E-state index is -0.195. The first-order valence-electron chi connectivity index (χ1n) is 5.30. The molecule has 1 aromatic rings. The molecular weight excluding hydrogens is 206 g/mol. The van der Waals surface area contributed by atoms with E-state index in [2.05, 4.69) is 15.6 Å². The second-order valence-electron chi connectivity index (χ2n) is 3.14. The summed E-state index contributed by atoms with van der Waals surface area (Å²) >= 11 is 0. The minimum absolute atomic E-state index is 0.195. The van der Waals surface area contributed by atoms with E-state index in [9.17, 15) is 4.79 Å². The molecule has 88 valence electrons. The van der Waals surface area contributed by atoms with Crippen LogP contribution in [0.4, 0.5) is 11.6 Å². The fourth-order valence-electron chi connectivity index (χ4n) is 1.20. The van der Waals surface area contributed by atoms with E-state index in [-0.39, 0.29) is 5.97 Å². The number of anilines is 2. The lowest BCUT2D eigenvalue weighted by molar-refractivity contribution is -0.142. The van der Waals surface area contributed by atoms with Gasteiger partial charge in [-0.05, 0) is 19.1 Å². The second kappa shape index (κ2) is 6.66. The van der Waals surface area contributed by atoms with Crippen molar-refractivity contribution in [2.45, 2.75) is 13.3 Å². The summed E-state index contributed by atoms with van der Waals surface area (Å²) in [6.07, 6.45) is 0.347. The molecule has 0 fully saturated rings. The molecule has 5 heteroatoms. The highest BCUT2D eigenvalue weighted by Gasteiger charge is 2.01. The maximum atomic E-state index is 11.1. The van der Waals surface area contributed by atoms with Gasteiger partial charge in [0.05, 0.1) is 13.0 Å². The number of ether oxygens (including phenoxy) is 1. The number of esters is 1. The normalized spacial score (nSPS) is 9.62. The monoisotopic (exact) mass is 223 g/mol. The van der Waals surface area contributed by atoms with Crippen LogP contribution in [0, 0.1) is 0 Å². The number of nitrogens with one attached hydrogen (secondary N) is 2. The third-order valence-corrected chi connectivity index (χ3v) is 1.95. The predicted molar refractivity (Wildman–Crippen MR) is 63.5 cm³/mol. The van der Waals surface area contributed by atoms with Gasteiger partial charge >= 0.3 is 5.97 Å². The van der Waals surface area contributed by atoms with Crippen LogP contribution >= 0.6 is 0 Å². The van der Waals surface area contributed by atoms with Crippen LogP contribution in [0.2, 0.25) is 0 Å². The first-order valence-corrected chi connectivity index (χ1v) is 5.30. The highest BCUT2D eigenvalue weighted by molar-refractivity contribution is 5.70. The van der Waals surface area contributed by atoms with Crippen LogP contribution in [0.15, 0.2) is 18.2 Å². The number of hydrogen-bond acceptors (Lipinski definition) is 5. The Bertz CT molecular complexity index is 342. The van der Waals surface area contributed by atoms with Crippen molar-refractivity contribution in [3.8, 4) is 0 Å². The first kappa shape index (κ1) is 12.3. The number of aromatic nitrogens is 1. The van der Waals surface area contributed by atoms with Crippen molar-refractivity contribution in [3.63, 3.8) is 0 Å². The third-order valence-electron chi connectivity index (χ3n) is 1.95. The molecule has 1 heterocycles. The predicted octanol–water partition coefficient (Wildman–Crippen LogP) is 1.49. The summed E-state index contributed by atoms with van der Waals surface area (Å²) in [6, 6.07) is 5.62. The number of nitrogens with zero attached hydrogens (tertiary/aromatic N) is 1. The Hall–Kier alpha value is -1.78. The van der Waals surface area contributed by atoms with Crippen LogP contribution in [0.25, 0.3) is 0 Å². The molecule has 0 saturated carbocycles. The van der Waals surface area contributed by atoms with E-state index < -0.39 is 0 Å². The number of carbonyl (C=O) groups is 1. The third kappa shape index (κ3) is 4.16. The molecular formula is C11H17N3O2. The van der Waals surface area contributed by atoms with Crippen molar-refractivity contribution >= 4 is 17.6 Å². The highest BCUT2D eigenvalue weighted by atomic mass is 16.5. The highest BCUT2D eigenvalue weighted by Crippen LogP contribution is 2.07. The molecule has 0 aliphatic rings. The van der Waals surface area contributed by atoms with Crippen molar-refractivity contribution < 1.29 is 9.53 Å². The smallest absolute Gasteiger partial charge is 0.307 e. The van der Waals surface area contributed by atoms with Crippen molar-refractivity contribution in [1.29, 1.82) is 0 Å². The van der Waals surface area contributed by atoms with Gasteiger partial charge in [0.1, 0.15) is 11.6 Å². The lowest BCUT2D eigenvalue weighted by Gasteiger charge is -2.06. The maximum absolute atomic E-state index is 11.1. The zero-order chi connectivity index (χ0) is 11.8. The minimum Gasteiger partial charge on any atom is -0.466 e. The van der Waals surface area contributed by atoms with Crippen molar-refractivity contribution in [1.82, 2.24) is 4.98 Å². The van der Waals surface area contributed by atoms with Crippen LogP contribution in [-0.4, -0.2) is 31.2 Å². The fraction of sp³-hybridized carbons (Fsp3) is 0.455. The number of rotatable bonds is 6. The van der Waals surface area contributed by atoms with Crippen molar-refractivity contribution in [2.75, 3.05) is 30.8 Å². The zero-order valence-electron chi connectivity index (χ0n) is 9.62. The van der Waals surface area contributed by atoms with Crippen LogP contribution in [0.3, 0.4) is 0 Å². The molecule has 0 bridgehead atoms. The summed E-state index contributed by atoms with van der Waals surface area (Å²) in [4.78, 5) is 15.3. The quantitative estimate of drug-likeness (QED) is 0.715. The zero-order valence-corrected chi connectivity index (χ0v) is 9.62. The lowest BCUT2D eigenvalue weighted by Crippen LogP contribution is -2.12. The summed E-state index contributed by atoms with van der Waals surface area (Å²) in [7, 11) is 1.81. The summed E-state index contributed by atoms with van der Waals surface area (Å²) in [5.74, 6) is 1.34. The Morgan fingerprint density at radius 3 is 2.88 bits per heavy atom. The van der Waals surface area contributed by atoms with Crippen LogP contribution < -0.4 is 10.6 Å². The molecule has 0 radical (unpaired) electrons. The van der Waals surface area contributed by atoms with Crippen LogP contribution in [0.1, 0.15) is 13.3 Å². The average Bonchev–Trinajstić information content (AvgIpc) is 2.30. The van der Waals surface area contributed by atoms with E-state index in [1.165, 1.54) is 0 Å². The molecule has 0 spiro atoms. The van der Waals surface area contributed by atoms with Gasteiger partial charge in [0.2, 0.25) is 0 Å². The second-order valence-corrected chi connectivity index (χ2v) is 3.14. The standard InChI is InChI=1S/C11H17N3O2/c1-3-16-11(15)7-8-13-10-6-4-5-9(12-2)14-10/h4-6H,3,7-8H2,1-2H3,(H2,12,13,14). The summed E-state index contributed by atoms with van der Waals surface area (Å²) in [5.41, 5.74) is 0. The van der Waals surface area contributed by atoms with Gasteiger partial charge in [-0.1, -0.05) is 6.07 Å². The summed E-state index contributed by atoms with van der Waals surface area (Å²) in [5, 5.41) is 6.00. The van der Waals surface area contributed by atoms with Gasteiger partial charge in [0, 0.05) is 13.6 Å². The number of hydrogen-bond donors (Lipinski definition) is 2. The molecule has 1 aromatic heterocycles. The molecule has 2 N–H and O–H groups in total. The summed E-state index contributed by atoms with van der Waals surface area (Å²) in [6.45, 7) is 2.74. The Morgan fingerprint density at radius 2 is 2.19 bits per heavy atom. The van der Waals surface area contributed by atoms with Gasteiger partial charge in [-0.25, -0.2) is 4.98 Å². The van der Waals surface area contributed by atoms with Gasteiger partial charge < -0.3 is 15.4 Å². The van der Waals surface area contributed by atoms with Gasteiger partial charge in [-0.15, -0.1) is 0 Å². The molecule has 1 rings (SSSR count). The van der Waals surface area contributed by atoms with Crippen molar-refractivity contribution in [3.05, 3.63) is 18.2 Å². The Labute approximate surface area is 95.2 Å². The maximum Gasteiger partial charge on any atom is 0.307 e. The molecule has 0 saturated heterocycles. The Kier molecular flexibility index (Phi) is 5.11. The molecule has 0 aliphatic carbocycles. The number of pyridine rings is 1. The van der Waals surface area contributed by atoms with Crippen LogP contribution in [-0.2, 0) is 9.53 Å². The van der Waals surface area contributed by atoms with E-state index in [0.29, 0.717) is 19.6 Å². The van der Waals surface area contributed by atoms with E-state index in [0.717, 1.165) is 11.6 Å². The lowest BCUT2D eigenvalue weighted by atomic mass is 10.4. The topological polar surface area (TPSA) is 63.2 Å². The largest absolute Gasteiger partial charge is 0.466 e. The van der Waals surface area contributed by atoms with E-state index in [1.807, 2.05) is 25.2 Å². The number of carbonyl (C=O) groups excluding carboxylic acids is 1. The van der Waals surface area contributed by atoms with Crippen molar-refractivity contribution in [2.24, 2.45) is 0 Å². The molecule has 5 nitrogen and oxygen atoms in total. The molecule has 0 aliphatic heterocycles. The molecule has 16 heavy (non-hydrogen) atoms.